The summed E-state index contributed by atoms with van der Waals surface area (Å²) in [5, 5.41) is 1.25. The van der Waals surface area contributed by atoms with Gasteiger partial charge in [-0.2, -0.15) is 0 Å². The van der Waals surface area contributed by atoms with Crippen LogP contribution in [-0.2, 0) is 10.8 Å². The Kier molecular flexibility index (Phi) is 8.50. The van der Waals surface area contributed by atoms with Gasteiger partial charge in [-0.15, -0.1) is 0 Å². The molecule has 0 atom stereocenters. The Labute approximate surface area is 313 Å². The van der Waals surface area contributed by atoms with Crippen molar-refractivity contribution in [2.45, 2.75) is 59.3 Å². The van der Waals surface area contributed by atoms with Crippen molar-refractivity contribution in [2.24, 2.45) is 0 Å². The molecule has 2 heterocycles. The van der Waals surface area contributed by atoms with E-state index < -0.39 is 0 Å². The van der Waals surface area contributed by atoms with E-state index in [1.54, 1.807) is 0 Å². The molecule has 4 nitrogen and oxygen atoms in total. The highest BCUT2D eigenvalue weighted by Gasteiger charge is 2.27. The Hall–Kier alpha value is -6.00. The molecule has 0 N–H and O–H groups in total. The van der Waals surface area contributed by atoms with Gasteiger partial charge in [-0.3, -0.25) is 0 Å². The Morgan fingerprint density at radius 3 is 1.47 bits per heavy atom. The van der Waals surface area contributed by atoms with Crippen LogP contribution in [0.25, 0.3) is 50.1 Å². The number of aryl methyl sites for hydroxylation is 1. The van der Waals surface area contributed by atoms with Crippen molar-refractivity contribution in [3.05, 3.63) is 168 Å². The summed E-state index contributed by atoms with van der Waals surface area (Å²) in [6, 6.07) is 54.0. The standard InChI is InChI=1S/C49H46N4/c1-33-32-36-18-14-15-21-43(36)52(33)38-26-28-40(29-27-38)53(37-19-12-9-13-20-37)39-24-22-35(23-25-39)45-44(34-16-10-8-11-17-34)50-46-41(48(2,3)4)30-31-42(47(46)51-45)49(5,6)7/h8-32H,1-7H3. The fraction of sp³-hybridized carbons (Fsp3) is 0.184. The van der Waals surface area contributed by atoms with Crippen LogP contribution in [0.5, 0.6) is 0 Å². The van der Waals surface area contributed by atoms with E-state index in [1.165, 1.54) is 27.7 Å². The number of aromatic nitrogens is 3. The second-order valence-electron chi connectivity index (χ2n) is 16.1. The quantitative estimate of drug-likeness (QED) is 0.174. The zero-order valence-corrected chi connectivity index (χ0v) is 31.7. The molecule has 0 fully saturated rings. The summed E-state index contributed by atoms with van der Waals surface area (Å²) < 4.78 is 2.32. The number of anilines is 3. The van der Waals surface area contributed by atoms with E-state index in [2.05, 4.69) is 210 Å². The first-order chi connectivity index (χ1) is 25.5. The summed E-state index contributed by atoms with van der Waals surface area (Å²) >= 11 is 0. The first-order valence-corrected chi connectivity index (χ1v) is 18.5. The molecule has 0 radical (unpaired) electrons. The Bertz CT molecular complexity index is 2550. The lowest BCUT2D eigenvalue weighted by atomic mass is 9.80. The predicted molar refractivity (Wildman–Crippen MR) is 224 cm³/mol. The van der Waals surface area contributed by atoms with Gasteiger partial charge in [0.25, 0.3) is 0 Å². The molecule has 0 spiro atoms. The topological polar surface area (TPSA) is 34.0 Å². The molecule has 53 heavy (non-hydrogen) atoms. The SMILES string of the molecule is Cc1cc2ccccc2n1-c1ccc(N(c2ccccc2)c2ccc(-c3nc4c(C(C)(C)C)ccc(C(C)(C)C)c4nc3-c3ccccc3)cc2)cc1. The molecule has 8 rings (SSSR count). The fourth-order valence-electron chi connectivity index (χ4n) is 7.52. The minimum Gasteiger partial charge on any atom is -0.314 e. The lowest BCUT2D eigenvalue weighted by molar-refractivity contribution is 0.583. The average Bonchev–Trinajstić information content (AvgIpc) is 3.50. The van der Waals surface area contributed by atoms with Crippen molar-refractivity contribution >= 4 is 39.0 Å². The van der Waals surface area contributed by atoms with Gasteiger partial charge < -0.3 is 9.47 Å². The van der Waals surface area contributed by atoms with Gasteiger partial charge in [0.15, 0.2) is 0 Å². The van der Waals surface area contributed by atoms with Crippen LogP contribution in [0.4, 0.5) is 17.1 Å². The maximum atomic E-state index is 5.54. The maximum absolute atomic E-state index is 5.54. The number of nitrogens with zero attached hydrogens (tertiary/aromatic N) is 4. The molecule has 0 saturated heterocycles. The third kappa shape index (κ3) is 6.40. The van der Waals surface area contributed by atoms with E-state index >= 15 is 0 Å². The monoisotopic (exact) mass is 690 g/mol. The van der Waals surface area contributed by atoms with Crippen LogP contribution in [0.15, 0.2) is 152 Å². The van der Waals surface area contributed by atoms with E-state index in [0.29, 0.717) is 0 Å². The first-order valence-electron chi connectivity index (χ1n) is 18.5. The number of rotatable bonds is 6. The van der Waals surface area contributed by atoms with Gasteiger partial charge in [0.2, 0.25) is 0 Å². The summed E-state index contributed by atoms with van der Waals surface area (Å²) in [7, 11) is 0. The van der Waals surface area contributed by atoms with E-state index in [1.807, 2.05) is 0 Å². The van der Waals surface area contributed by atoms with E-state index in [0.717, 1.165) is 56.3 Å². The molecule has 0 bridgehead atoms. The number of fused-ring (bicyclic) bond motifs is 2. The lowest BCUT2D eigenvalue weighted by Crippen LogP contribution is -2.17. The molecule has 0 aliphatic heterocycles. The van der Waals surface area contributed by atoms with Gasteiger partial charge in [0, 0.05) is 45.0 Å². The van der Waals surface area contributed by atoms with Gasteiger partial charge in [0.05, 0.1) is 27.9 Å². The van der Waals surface area contributed by atoms with Gasteiger partial charge in [0.1, 0.15) is 0 Å². The Morgan fingerprint density at radius 2 is 0.925 bits per heavy atom. The summed E-state index contributed by atoms with van der Waals surface area (Å²) in [6.07, 6.45) is 0. The largest absolute Gasteiger partial charge is 0.314 e. The second kappa shape index (κ2) is 13.2. The highest BCUT2D eigenvalue weighted by atomic mass is 15.1. The van der Waals surface area contributed by atoms with Crippen LogP contribution in [0.1, 0.15) is 58.4 Å². The number of benzene rings is 6. The molecule has 0 unspecified atom stereocenters. The highest BCUT2D eigenvalue weighted by molar-refractivity contribution is 5.91. The zero-order valence-electron chi connectivity index (χ0n) is 31.7. The molecule has 8 aromatic rings. The van der Waals surface area contributed by atoms with Gasteiger partial charge in [-0.05, 0) is 89.5 Å². The third-order valence-corrected chi connectivity index (χ3v) is 10.2. The van der Waals surface area contributed by atoms with E-state index in [9.17, 15) is 0 Å². The summed E-state index contributed by atoms with van der Waals surface area (Å²) in [5.41, 5.74) is 14.8. The van der Waals surface area contributed by atoms with E-state index in [-0.39, 0.29) is 10.8 Å². The molecule has 0 aliphatic rings. The van der Waals surface area contributed by atoms with Gasteiger partial charge in [-0.1, -0.05) is 133 Å². The molecule has 0 aliphatic carbocycles. The molecule has 4 heteroatoms. The lowest BCUT2D eigenvalue weighted by Gasteiger charge is -2.27. The predicted octanol–water partition coefficient (Wildman–Crippen LogP) is 13.3. The van der Waals surface area contributed by atoms with Crippen LogP contribution in [0, 0.1) is 6.92 Å². The number of hydrogen-bond acceptors (Lipinski definition) is 3. The molecule has 262 valence electrons. The minimum atomic E-state index is -0.0996. The van der Waals surface area contributed by atoms with Crippen LogP contribution in [0.2, 0.25) is 0 Å². The van der Waals surface area contributed by atoms with Gasteiger partial charge in [-0.25, -0.2) is 9.97 Å². The molecular formula is C49H46N4. The normalized spacial score (nSPS) is 12.1. The van der Waals surface area contributed by atoms with Crippen LogP contribution in [0.3, 0.4) is 0 Å². The number of hydrogen-bond donors (Lipinski definition) is 0. The summed E-state index contributed by atoms with van der Waals surface area (Å²) in [5.74, 6) is 0. The summed E-state index contributed by atoms with van der Waals surface area (Å²) in [4.78, 5) is 13.3. The third-order valence-electron chi connectivity index (χ3n) is 10.2. The zero-order chi connectivity index (χ0) is 36.9. The maximum Gasteiger partial charge on any atom is 0.0973 e. The van der Waals surface area contributed by atoms with Crippen molar-refractivity contribution in [1.29, 1.82) is 0 Å². The van der Waals surface area contributed by atoms with Crippen molar-refractivity contribution in [1.82, 2.24) is 14.5 Å². The average molecular weight is 691 g/mol. The van der Waals surface area contributed by atoms with Crippen molar-refractivity contribution in [3.63, 3.8) is 0 Å². The van der Waals surface area contributed by atoms with E-state index in [4.69, 9.17) is 9.97 Å². The smallest absolute Gasteiger partial charge is 0.0973 e. The van der Waals surface area contributed by atoms with Crippen LogP contribution >= 0.6 is 0 Å². The highest BCUT2D eigenvalue weighted by Crippen LogP contribution is 2.41. The molecule has 6 aromatic carbocycles. The summed E-state index contributed by atoms with van der Waals surface area (Å²) in [6.45, 7) is 15.7. The number of para-hydroxylation sites is 2. The fourth-order valence-corrected chi connectivity index (χ4v) is 7.52. The molecule has 2 aromatic heterocycles. The molecule has 0 saturated carbocycles. The first kappa shape index (κ1) is 34.1. The Morgan fingerprint density at radius 1 is 0.472 bits per heavy atom. The van der Waals surface area contributed by atoms with Gasteiger partial charge >= 0.3 is 0 Å². The van der Waals surface area contributed by atoms with Crippen molar-refractivity contribution in [3.8, 4) is 28.2 Å². The molecule has 0 amide bonds. The molecular weight excluding hydrogens is 645 g/mol. The van der Waals surface area contributed by atoms with Crippen LogP contribution < -0.4 is 4.90 Å². The van der Waals surface area contributed by atoms with Crippen molar-refractivity contribution in [2.75, 3.05) is 4.90 Å². The van der Waals surface area contributed by atoms with Crippen molar-refractivity contribution < 1.29 is 0 Å². The second-order valence-corrected chi connectivity index (χ2v) is 16.1. The van der Waals surface area contributed by atoms with Crippen LogP contribution in [-0.4, -0.2) is 14.5 Å². The Balaban J connectivity index is 1.26. The minimum absolute atomic E-state index is 0.0892.